The van der Waals surface area contributed by atoms with Crippen LogP contribution < -0.4 is 5.32 Å². The summed E-state index contributed by atoms with van der Waals surface area (Å²) in [5, 5.41) is 6.60. The minimum atomic E-state index is 0.709. The van der Waals surface area contributed by atoms with E-state index in [1.165, 1.54) is 5.56 Å². The molecule has 0 saturated heterocycles. The molecular formula is C13H15N3S2. The molecule has 0 amide bonds. The highest BCUT2D eigenvalue weighted by Gasteiger charge is 2.05. The predicted molar refractivity (Wildman–Crippen MR) is 81.1 cm³/mol. The summed E-state index contributed by atoms with van der Waals surface area (Å²) in [6, 6.07) is 10.4. The Bertz CT molecular complexity index is 482. The van der Waals surface area contributed by atoms with Crippen molar-refractivity contribution in [1.29, 1.82) is 0 Å². The summed E-state index contributed by atoms with van der Waals surface area (Å²) in [7, 11) is 1.99. The van der Waals surface area contributed by atoms with Gasteiger partial charge in [0.15, 0.2) is 10.2 Å². The molecule has 5 heteroatoms. The number of aromatic nitrogens is 1. The Labute approximate surface area is 116 Å². The molecule has 0 fully saturated rings. The van der Waals surface area contributed by atoms with Crippen LogP contribution in [0.1, 0.15) is 5.56 Å². The van der Waals surface area contributed by atoms with Crippen LogP contribution in [0.3, 0.4) is 0 Å². The summed E-state index contributed by atoms with van der Waals surface area (Å²) in [5.74, 6) is 0. The number of likely N-dealkylation sites (N-methyl/N-ethyl adjacent to an activating group) is 1. The van der Waals surface area contributed by atoms with E-state index in [1.54, 1.807) is 17.5 Å². The fourth-order valence-corrected chi connectivity index (χ4v) is 2.30. The third kappa shape index (κ3) is 3.78. The Balaban J connectivity index is 1.81. The molecule has 1 aromatic carbocycles. The van der Waals surface area contributed by atoms with Gasteiger partial charge in [0.05, 0.1) is 0 Å². The van der Waals surface area contributed by atoms with Crippen LogP contribution in [0.5, 0.6) is 0 Å². The van der Waals surface area contributed by atoms with Crippen molar-refractivity contribution in [2.24, 2.45) is 0 Å². The number of nitrogens with zero attached hydrogens (tertiary/aromatic N) is 2. The van der Waals surface area contributed by atoms with E-state index in [4.69, 9.17) is 12.2 Å². The maximum absolute atomic E-state index is 5.32. The van der Waals surface area contributed by atoms with E-state index in [1.807, 2.05) is 23.4 Å². The molecule has 2 rings (SSSR count). The van der Waals surface area contributed by atoms with Crippen molar-refractivity contribution in [3.05, 3.63) is 47.5 Å². The lowest BCUT2D eigenvalue weighted by Crippen LogP contribution is -2.32. The number of anilines is 1. The molecule has 3 nitrogen and oxygen atoms in total. The summed E-state index contributed by atoms with van der Waals surface area (Å²) < 4.78 is 0. The van der Waals surface area contributed by atoms with Crippen molar-refractivity contribution in [2.75, 3.05) is 18.9 Å². The number of thiocarbonyl (C=S) groups is 1. The molecule has 2 aromatic rings. The monoisotopic (exact) mass is 277 g/mol. The zero-order valence-corrected chi connectivity index (χ0v) is 11.8. The summed E-state index contributed by atoms with van der Waals surface area (Å²) in [5.41, 5.74) is 1.32. The van der Waals surface area contributed by atoms with Gasteiger partial charge in [-0.3, -0.25) is 0 Å². The van der Waals surface area contributed by atoms with Crippen LogP contribution in [0.2, 0.25) is 0 Å². The first-order valence-electron chi connectivity index (χ1n) is 5.71. The first-order chi connectivity index (χ1) is 8.75. The van der Waals surface area contributed by atoms with E-state index in [0.29, 0.717) is 5.11 Å². The molecule has 0 aliphatic rings. The predicted octanol–water partition coefficient (Wildman–Crippen LogP) is 3.01. The minimum absolute atomic E-state index is 0.709. The largest absolute Gasteiger partial charge is 0.352 e. The highest BCUT2D eigenvalue weighted by Crippen LogP contribution is 2.11. The molecule has 0 aliphatic heterocycles. The second kappa shape index (κ2) is 6.47. The molecule has 1 heterocycles. The Morgan fingerprint density at radius 3 is 2.83 bits per heavy atom. The number of benzene rings is 1. The van der Waals surface area contributed by atoms with Crippen molar-refractivity contribution < 1.29 is 0 Å². The Morgan fingerprint density at radius 1 is 1.39 bits per heavy atom. The summed E-state index contributed by atoms with van der Waals surface area (Å²) >= 11 is 6.87. The Morgan fingerprint density at radius 2 is 2.17 bits per heavy atom. The van der Waals surface area contributed by atoms with Gasteiger partial charge in [0.1, 0.15) is 0 Å². The number of hydrogen-bond donors (Lipinski definition) is 1. The average Bonchev–Trinajstić information content (AvgIpc) is 2.90. The molecular weight excluding hydrogens is 262 g/mol. The van der Waals surface area contributed by atoms with Crippen molar-refractivity contribution in [3.63, 3.8) is 0 Å². The average molecular weight is 277 g/mol. The summed E-state index contributed by atoms with van der Waals surface area (Å²) in [4.78, 5) is 6.18. The zero-order chi connectivity index (χ0) is 12.8. The smallest absolute Gasteiger partial charge is 0.188 e. The second-order valence-electron chi connectivity index (χ2n) is 3.92. The Hall–Kier alpha value is -1.46. The van der Waals surface area contributed by atoms with Crippen LogP contribution in [0.25, 0.3) is 0 Å². The quantitative estimate of drug-likeness (QED) is 0.870. The van der Waals surface area contributed by atoms with Gasteiger partial charge in [-0.05, 0) is 24.2 Å². The number of nitrogens with one attached hydrogen (secondary N) is 1. The number of hydrogen-bond acceptors (Lipinski definition) is 3. The lowest BCUT2D eigenvalue weighted by Gasteiger charge is -2.19. The molecule has 0 bridgehead atoms. The van der Waals surface area contributed by atoms with Crippen molar-refractivity contribution in [3.8, 4) is 0 Å². The zero-order valence-electron chi connectivity index (χ0n) is 10.2. The maximum Gasteiger partial charge on any atom is 0.188 e. The fraction of sp³-hybridized carbons (Fsp3) is 0.231. The fourth-order valence-electron chi connectivity index (χ4n) is 1.52. The first kappa shape index (κ1) is 13.0. The molecule has 0 radical (unpaired) electrons. The molecule has 0 saturated carbocycles. The highest BCUT2D eigenvalue weighted by atomic mass is 32.1. The van der Waals surface area contributed by atoms with Crippen molar-refractivity contribution >= 4 is 33.8 Å². The van der Waals surface area contributed by atoms with Crippen LogP contribution in [0.15, 0.2) is 41.9 Å². The minimum Gasteiger partial charge on any atom is -0.352 e. The van der Waals surface area contributed by atoms with Gasteiger partial charge in [-0.2, -0.15) is 0 Å². The third-order valence-corrected chi connectivity index (χ3v) is 3.67. The van der Waals surface area contributed by atoms with E-state index in [9.17, 15) is 0 Å². The van der Waals surface area contributed by atoms with E-state index in [0.717, 1.165) is 18.1 Å². The van der Waals surface area contributed by atoms with E-state index in [2.05, 4.69) is 34.6 Å². The van der Waals surface area contributed by atoms with Gasteiger partial charge >= 0.3 is 0 Å². The van der Waals surface area contributed by atoms with E-state index >= 15 is 0 Å². The van der Waals surface area contributed by atoms with Crippen molar-refractivity contribution in [1.82, 2.24) is 9.88 Å². The molecule has 18 heavy (non-hydrogen) atoms. The van der Waals surface area contributed by atoms with Gasteiger partial charge in [0.2, 0.25) is 0 Å². The Kier molecular flexibility index (Phi) is 4.66. The number of rotatable bonds is 4. The molecule has 0 spiro atoms. The van der Waals surface area contributed by atoms with Crippen LogP contribution >= 0.6 is 23.6 Å². The highest BCUT2D eigenvalue weighted by molar-refractivity contribution is 7.80. The molecule has 1 N–H and O–H groups in total. The van der Waals surface area contributed by atoms with Gasteiger partial charge in [-0.25, -0.2) is 4.98 Å². The standard InChI is InChI=1S/C13H15N3S2/c1-16(9-7-11-5-3-2-4-6-11)13(17)15-12-14-8-10-18-12/h2-6,8,10H,7,9H2,1H3,(H,14,15,17). The van der Waals surface area contributed by atoms with Gasteiger partial charge < -0.3 is 10.2 Å². The van der Waals surface area contributed by atoms with Crippen LogP contribution in [0, 0.1) is 0 Å². The lowest BCUT2D eigenvalue weighted by molar-refractivity contribution is 0.516. The summed E-state index contributed by atoms with van der Waals surface area (Å²) in [6.07, 6.45) is 2.75. The topological polar surface area (TPSA) is 28.2 Å². The van der Waals surface area contributed by atoms with Gasteiger partial charge in [-0.1, -0.05) is 30.3 Å². The van der Waals surface area contributed by atoms with Crippen LogP contribution in [0.4, 0.5) is 5.13 Å². The second-order valence-corrected chi connectivity index (χ2v) is 5.21. The van der Waals surface area contributed by atoms with Gasteiger partial charge in [-0.15, -0.1) is 11.3 Å². The molecule has 0 unspecified atom stereocenters. The molecule has 0 atom stereocenters. The SMILES string of the molecule is CN(CCc1ccccc1)C(=S)Nc1nccs1. The van der Waals surface area contributed by atoms with Gasteiger partial charge in [0, 0.05) is 25.2 Å². The van der Waals surface area contributed by atoms with Crippen molar-refractivity contribution in [2.45, 2.75) is 6.42 Å². The number of thiazole rings is 1. The van der Waals surface area contributed by atoms with Crippen LogP contribution in [-0.2, 0) is 6.42 Å². The van der Waals surface area contributed by atoms with Crippen LogP contribution in [-0.4, -0.2) is 28.6 Å². The third-order valence-electron chi connectivity index (χ3n) is 2.57. The molecule has 0 aliphatic carbocycles. The lowest BCUT2D eigenvalue weighted by atomic mass is 10.1. The molecule has 94 valence electrons. The van der Waals surface area contributed by atoms with Gasteiger partial charge in [0.25, 0.3) is 0 Å². The normalized spacial score (nSPS) is 10.1. The maximum atomic E-state index is 5.32. The molecule has 1 aromatic heterocycles. The summed E-state index contributed by atoms with van der Waals surface area (Å²) in [6.45, 7) is 0.890. The first-order valence-corrected chi connectivity index (χ1v) is 7.00. The van der Waals surface area contributed by atoms with E-state index in [-0.39, 0.29) is 0 Å². The van der Waals surface area contributed by atoms with E-state index < -0.39 is 0 Å².